The summed E-state index contributed by atoms with van der Waals surface area (Å²) in [5.41, 5.74) is 6.00. The third-order valence-electron chi connectivity index (χ3n) is 4.65. The minimum Gasteiger partial charge on any atom is -0.370 e. The first kappa shape index (κ1) is 14.1. The Morgan fingerprint density at radius 1 is 1.43 bits per heavy atom. The molecule has 3 aliphatic heterocycles. The molecule has 2 aromatic heterocycles. The highest BCUT2D eigenvalue weighted by Crippen LogP contribution is 2.47. The minimum atomic E-state index is -0.136. The van der Waals surface area contributed by atoms with Crippen molar-refractivity contribution >= 4 is 29.5 Å². The van der Waals surface area contributed by atoms with E-state index in [4.69, 9.17) is 17.0 Å². The Morgan fingerprint density at radius 2 is 2.26 bits per heavy atom. The molecule has 3 aliphatic rings. The monoisotopic (exact) mass is 350 g/mol. The van der Waals surface area contributed by atoms with E-state index in [1.807, 2.05) is 4.57 Å². The molecule has 0 aliphatic carbocycles. The predicted molar refractivity (Wildman–Crippen MR) is 90.2 cm³/mol. The lowest BCUT2D eigenvalue weighted by molar-refractivity contribution is -0.0385. The van der Waals surface area contributed by atoms with Gasteiger partial charge in [-0.15, -0.1) is 16.4 Å². The maximum Gasteiger partial charge on any atom is 0.247 e. The zero-order valence-corrected chi connectivity index (χ0v) is 14.8. The Morgan fingerprint density at radius 3 is 3.09 bits per heavy atom. The smallest absolute Gasteiger partial charge is 0.247 e. The molecule has 122 valence electrons. The lowest BCUT2D eigenvalue weighted by atomic mass is 9.92. The second-order valence-electron chi connectivity index (χ2n) is 6.90. The van der Waals surface area contributed by atoms with Gasteiger partial charge in [-0.25, -0.2) is 15.1 Å². The summed E-state index contributed by atoms with van der Waals surface area (Å²) in [6.07, 6.45) is 1.16. The van der Waals surface area contributed by atoms with Crippen LogP contribution < -0.4 is 15.8 Å². The summed E-state index contributed by atoms with van der Waals surface area (Å²) in [5, 5.41) is 14.2. The number of ether oxygens (including phenoxy) is 1. The Hall–Kier alpha value is -1.26. The molecule has 0 amide bonds. The highest BCUT2D eigenvalue weighted by molar-refractivity contribution is 7.71. The van der Waals surface area contributed by atoms with Gasteiger partial charge >= 0.3 is 0 Å². The highest BCUT2D eigenvalue weighted by atomic mass is 32.1. The fraction of sp³-hybridized carbons (Fsp3) is 0.571. The first-order valence-corrected chi connectivity index (χ1v) is 8.95. The van der Waals surface area contributed by atoms with Crippen LogP contribution in [0.5, 0.6) is 0 Å². The fourth-order valence-corrected chi connectivity index (χ4v) is 5.20. The number of anilines is 1. The van der Waals surface area contributed by atoms with Crippen molar-refractivity contribution in [2.24, 2.45) is 0 Å². The van der Waals surface area contributed by atoms with Crippen LogP contribution in [0.4, 0.5) is 5.95 Å². The molecule has 3 N–H and O–H groups in total. The molecule has 23 heavy (non-hydrogen) atoms. The van der Waals surface area contributed by atoms with Crippen molar-refractivity contribution in [3.8, 4) is 5.00 Å². The van der Waals surface area contributed by atoms with Crippen LogP contribution in [0.1, 0.15) is 42.9 Å². The molecular weight excluding hydrogens is 332 g/mol. The van der Waals surface area contributed by atoms with Gasteiger partial charge in [-0.3, -0.25) is 10.3 Å². The molecule has 0 bridgehead atoms. The molecule has 2 aromatic rings. The van der Waals surface area contributed by atoms with Crippen molar-refractivity contribution in [3.05, 3.63) is 20.8 Å². The lowest BCUT2D eigenvalue weighted by Gasteiger charge is -2.33. The highest BCUT2D eigenvalue weighted by Gasteiger charge is 2.44. The molecule has 2 atom stereocenters. The first-order valence-electron chi connectivity index (χ1n) is 7.72. The van der Waals surface area contributed by atoms with E-state index in [-0.39, 0.29) is 17.9 Å². The predicted octanol–water partition coefficient (Wildman–Crippen LogP) is 2.12. The quantitative estimate of drug-likeness (QED) is 0.632. The minimum absolute atomic E-state index is 0.0756. The maximum atomic E-state index is 6.00. The second-order valence-corrected chi connectivity index (χ2v) is 8.37. The molecule has 0 aromatic carbocycles. The van der Waals surface area contributed by atoms with Gasteiger partial charge in [0, 0.05) is 16.9 Å². The first-order chi connectivity index (χ1) is 10.9. The Bertz CT molecular complexity index is 865. The summed E-state index contributed by atoms with van der Waals surface area (Å²) < 4.78 is 8.66. The number of H-pyrrole nitrogens is 1. The zero-order chi connectivity index (χ0) is 15.9. The Labute approximate surface area is 142 Å². The van der Waals surface area contributed by atoms with E-state index in [2.05, 4.69) is 46.7 Å². The Kier molecular flexibility index (Phi) is 2.71. The Balaban J connectivity index is 1.79. The van der Waals surface area contributed by atoms with E-state index in [1.165, 1.54) is 16.0 Å². The van der Waals surface area contributed by atoms with E-state index in [9.17, 15) is 0 Å². The standard InChI is InChI=1S/C14H18N6OS2/c1-6-15-10-9-7-4-14(2,3)21-5-8(7)23-11(9)19-12(20(10)18-6)16-17-13(19)22/h6,10,15,18H,4-5H2,1-3H3,(H,17,22). The van der Waals surface area contributed by atoms with Crippen LogP contribution in [0.25, 0.3) is 5.00 Å². The van der Waals surface area contributed by atoms with Crippen molar-refractivity contribution in [3.63, 3.8) is 0 Å². The number of hydrogen-bond donors (Lipinski definition) is 3. The third kappa shape index (κ3) is 1.85. The SMILES string of the molecule is CC1NC2c3c(sc4c3CC(C)(C)OC4)-n3c(n[nH]c3=S)N2N1. The largest absolute Gasteiger partial charge is 0.370 e. The average Bonchev–Trinajstić information content (AvgIpc) is 3.12. The van der Waals surface area contributed by atoms with Gasteiger partial charge in [0.2, 0.25) is 10.7 Å². The van der Waals surface area contributed by atoms with E-state index in [0.29, 0.717) is 11.4 Å². The van der Waals surface area contributed by atoms with Gasteiger partial charge in [-0.05, 0) is 38.6 Å². The van der Waals surface area contributed by atoms with Crippen LogP contribution in [0.2, 0.25) is 0 Å². The van der Waals surface area contributed by atoms with Gasteiger partial charge in [0.1, 0.15) is 11.2 Å². The number of thiophene rings is 1. The van der Waals surface area contributed by atoms with Crippen LogP contribution >= 0.6 is 23.6 Å². The molecular formula is C14H18N6OS2. The molecule has 0 radical (unpaired) electrons. The number of nitrogens with one attached hydrogen (secondary N) is 3. The fourth-order valence-electron chi connectivity index (χ4n) is 3.66. The van der Waals surface area contributed by atoms with Crippen LogP contribution in [0, 0.1) is 4.77 Å². The molecule has 5 rings (SSSR count). The number of fused-ring (bicyclic) bond motifs is 8. The zero-order valence-electron chi connectivity index (χ0n) is 13.1. The van der Waals surface area contributed by atoms with Gasteiger partial charge < -0.3 is 4.74 Å². The molecule has 2 unspecified atom stereocenters. The summed E-state index contributed by atoms with van der Waals surface area (Å²) in [6, 6.07) is 0. The third-order valence-corrected chi connectivity index (χ3v) is 6.13. The van der Waals surface area contributed by atoms with Crippen LogP contribution in [-0.4, -0.2) is 26.5 Å². The van der Waals surface area contributed by atoms with Crippen LogP contribution in [0.3, 0.4) is 0 Å². The van der Waals surface area contributed by atoms with Crippen molar-refractivity contribution in [2.75, 3.05) is 5.01 Å². The van der Waals surface area contributed by atoms with E-state index in [1.54, 1.807) is 11.3 Å². The van der Waals surface area contributed by atoms with Gasteiger partial charge in [0.05, 0.1) is 18.4 Å². The van der Waals surface area contributed by atoms with Crippen molar-refractivity contribution in [1.29, 1.82) is 0 Å². The average molecular weight is 350 g/mol. The number of nitrogens with zero attached hydrogens (tertiary/aromatic N) is 3. The molecule has 0 spiro atoms. The van der Waals surface area contributed by atoms with E-state index in [0.717, 1.165) is 17.4 Å². The van der Waals surface area contributed by atoms with E-state index >= 15 is 0 Å². The number of hydrazine groups is 1. The topological polar surface area (TPSA) is 70.1 Å². The number of aromatic amines is 1. The number of aromatic nitrogens is 3. The van der Waals surface area contributed by atoms with Crippen LogP contribution in [-0.2, 0) is 17.8 Å². The van der Waals surface area contributed by atoms with Crippen molar-refractivity contribution < 1.29 is 4.74 Å². The van der Waals surface area contributed by atoms with E-state index < -0.39 is 0 Å². The van der Waals surface area contributed by atoms with Crippen LogP contribution in [0.15, 0.2) is 0 Å². The summed E-state index contributed by atoms with van der Waals surface area (Å²) in [5.74, 6) is 0.808. The van der Waals surface area contributed by atoms with Crippen molar-refractivity contribution in [1.82, 2.24) is 25.5 Å². The summed E-state index contributed by atoms with van der Waals surface area (Å²) in [4.78, 5) is 1.30. The van der Waals surface area contributed by atoms with Gasteiger partial charge in [0.15, 0.2) is 0 Å². The molecule has 9 heteroatoms. The summed E-state index contributed by atoms with van der Waals surface area (Å²) in [6.45, 7) is 7.07. The molecule has 1 fully saturated rings. The summed E-state index contributed by atoms with van der Waals surface area (Å²) >= 11 is 7.24. The molecule has 0 saturated carbocycles. The molecule has 7 nitrogen and oxygen atoms in total. The molecule has 1 saturated heterocycles. The van der Waals surface area contributed by atoms with Gasteiger partial charge in [-0.1, -0.05) is 0 Å². The van der Waals surface area contributed by atoms with Gasteiger partial charge in [-0.2, -0.15) is 0 Å². The number of hydrogen-bond acceptors (Lipinski definition) is 7. The number of rotatable bonds is 0. The molecule has 5 heterocycles. The summed E-state index contributed by atoms with van der Waals surface area (Å²) in [7, 11) is 0. The van der Waals surface area contributed by atoms with Gasteiger partial charge in [0.25, 0.3) is 0 Å². The second kappa shape index (κ2) is 4.42. The maximum absolute atomic E-state index is 6.00. The normalized spacial score (nSPS) is 27.3. The lowest BCUT2D eigenvalue weighted by Crippen LogP contribution is -2.40. The van der Waals surface area contributed by atoms with Crippen molar-refractivity contribution in [2.45, 2.75) is 51.7 Å².